The maximum absolute atomic E-state index is 2.47. The number of fused-ring (bicyclic) bond motifs is 9. The van der Waals surface area contributed by atoms with Crippen molar-refractivity contribution in [3.8, 4) is 33.4 Å². The molecule has 0 radical (unpaired) electrons. The molecule has 12 rings (SSSR count). The smallest absolute Gasteiger partial charge is 0.0468 e. The zero-order valence-electron chi connectivity index (χ0n) is 33.7. The molecule has 1 heteroatoms. The zero-order valence-corrected chi connectivity index (χ0v) is 33.7. The third-order valence-electron chi connectivity index (χ3n) is 13.2. The van der Waals surface area contributed by atoms with Gasteiger partial charge >= 0.3 is 0 Å². The van der Waals surface area contributed by atoms with Crippen LogP contribution < -0.4 is 4.90 Å². The lowest BCUT2D eigenvalue weighted by Crippen LogP contribution is -2.24. The van der Waals surface area contributed by atoms with Crippen molar-refractivity contribution in [3.05, 3.63) is 223 Å². The molecule has 0 aliphatic heterocycles. The minimum absolute atomic E-state index is 0.201. The SMILES string of the molecule is CC1(C)c2ccc(N(c3ccc(-c4ccccc4)cc3)c3ccc4c5ccccc5c5ccccc5c4c3)cc2-c2c(-c3ccc4ccccc4c3)ccc3cccc1c23. The predicted molar refractivity (Wildman–Crippen MR) is 257 cm³/mol. The van der Waals surface area contributed by atoms with Crippen molar-refractivity contribution in [2.75, 3.05) is 4.90 Å². The highest BCUT2D eigenvalue weighted by Gasteiger charge is 2.35. The summed E-state index contributed by atoms with van der Waals surface area (Å²) in [5.74, 6) is 0. The molecule has 0 saturated heterocycles. The van der Waals surface area contributed by atoms with E-state index in [1.54, 1.807) is 0 Å². The standard InChI is InChI=1S/C59H41N/c1-59(2)55-34-31-46(37-54(55)58-47(32-27-41-17-12-22-56(59)57(41)58)43-24-23-39-15-6-7-16-42(39)35-43)60(44-28-25-40(26-29-44)38-13-4-3-5-14-38)45-30-33-52-50-20-9-8-18-48(50)49-19-10-11-21-51(49)53(52)36-45/h3-37H,1-2H3. The monoisotopic (exact) mass is 763 g/mol. The van der Waals surface area contributed by atoms with E-state index < -0.39 is 0 Å². The highest BCUT2D eigenvalue weighted by molar-refractivity contribution is 6.26. The van der Waals surface area contributed by atoms with Crippen LogP contribution in [0.4, 0.5) is 17.1 Å². The van der Waals surface area contributed by atoms with Crippen molar-refractivity contribution in [1.29, 1.82) is 0 Å². The van der Waals surface area contributed by atoms with Crippen molar-refractivity contribution >= 4 is 70.9 Å². The molecular weight excluding hydrogens is 723 g/mol. The maximum atomic E-state index is 2.47. The van der Waals surface area contributed by atoms with Crippen molar-refractivity contribution < 1.29 is 0 Å². The lowest BCUT2D eigenvalue weighted by Gasteiger charge is -2.37. The van der Waals surface area contributed by atoms with E-state index >= 15 is 0 Å². The lowest BCUT2D eigenvalue weighted by atomic mass is 9.67. The molecule has 1 aliphatic rings. The first-order chi connectivity index (χ1) is 29.5. The van der Waals surface area contributed by atoms with E-state index in [2.05, 4.69) is 231 Å². The van der Waals surface area contributed by atoms with E-state index in [1.807, 2.05) is 0 Å². The Morgan fingerprint density at radius 2 is 0.867 bits per heavy atom. The van der Waals surface area contributed by atoms with Crippen LogP contribution in [-0.4, -0.2) is 0 Å². The van der Waals surface area contributed by atoms with Crippen LogP contribution in [0.3, 0.4) is 0 Å². The molecule has 0 amide bonds. The zero-order chi connectivity index (χ0) is 40.0. The van der Waals surface area contributed by atoms with Gasteiger partial charge in [-0.15, -0.1) is 0 Å². The van der Waals surface area contributed by atoms with Crippen LogP contribution in [-0.2, 0) is 5.41 Å². The van der Waals surface area contributed by atoms with Crippen LogP contribution in [0.15, 0.2) is 212 Å². The predicted octanol–water partition coefficient (Wildman–Crippen LogP) is 16.6. The molecule has 0 bridgehead atoms. The van der Waals surface area contributed by atoms with E-state index in [0.29, 0.717) is 0 Å². The van der Waals surface area contributed by atoms with Crippen LogP contribution in [0.2, 0.25) is 0 Å². The molecule has 0 N–H and O–H groups in total. The van der Waals surface area contributed by atoms with Crippen LogP contribution in [0, 0.1) is 0 Å². The Kier molecular flexibility index (Phi) is 7.65. The first-order valence-electron chi connectivity index (χ1n) is 21.0. The number of hydrogen-bond donors (Lipinski definition) is 0. The molecule has 11 aromatic carbocycles. The first-order valence-corrected chi connectivity index (χ1v) is 21.0. The van der Waals surface area contributed by atoms with Gasteiger partial charge in [0.05, 0.1) is 0 Å². The molecule has 282 valence electrons. The van der Waals surface area contributed by atoms with E-state index in [9.17, 15) is 0 Å². The summed E-state index contributed by atoms with van der Waals surface area (Å²) in [6.07, 6.45) is 0. The van der Waals surface area contributed by atoms with Crippen LogP contribution in [0.1, 0.15) is 25.0 Å². The Labute approximate surface area is 350 Å². The Bertz CT molecular complexity index is 3470. The van der Waals surface area contributed by atoms with Gasteiger partial charge < -0.3 is 4.90 Å². The fourth-order valence-electron chi connectivity index (χ4n) is 10.3. The lowest BCUT2D eigenvalue weighted by molar-refractivity contribution is 0.645. The molecule has 0 heterocycles. The Morgan fingerprint density at radius 3 is 1.62 bits per heavy atom. The fraction of sp³-hybridized carbons (Fsp3) is 0.0508. The number of nitrogens with zero attached hydrogens (tertiary/aromatic N) is 1. The maximum Gasteiger partial charge on any atom is 0.0468 e. The number of benzene rings is 11. The minimum Gasteiger partial charge on any atom is -0.310 e. The molecule has 11 aromatic rings. The topological polar surface area (TPSA) is 3.24 Å². The van der Waals surface area contributed by atoms with Crippen LogP contribution >= 0.6 is 0 Å². The van der Waals surface area contributed by atoms with Gasteiger partial charge in [0, 0.05) is 22.5 Å². The third-order valence-corrected chi connectivity index (χ3v) is 13.2. The molecule has 0 unspecified atom stereocenters. The summed E-state index contributed by atoms with van der Waals surface area (Å²) in [4.78, 5) is 2.46. The van der Waals surface area contributed by atoms with Gasteiger partial charge in [-0.05, 0) is 141 Å². The molecule has 0 aromatic heterocycles. The van der Waals surface area contributed by atoms with Gasteiger partial charge in [0.1, 0.15) is 0 Å². The van der Waals surface area contributed by atoms with E-state index in [-0.39, 0.29) is 5.41 Å². The second kappa shape index (κ2) is 13.3. The molecule has 0 saturated carbocycles. The number of hydrogen-bond acceptors (Lipinski definition) is 1. The molecule has 1 aliphatic carbocycles. The average molecular weight is 764 g/mol. The van der Waals surface area contributed by atoms with Crippen molar-refractivity contribution in [2.24, 2.45) is 0 Å². The Morgan fingerprint density at radius 1 is 0.317 bits per heavy atom. The van der Waals surface area contributed by atoms with Crippen molar-refractivity contribution in [1.82, 2.24) is 0 Å². The summed E-state index contributed by atoms with van der Waals surface area (Å²) in [7, 11) is 0. The van der Waals surface area contributed by atoms with E-state index in [4.69, 9.17) is 0 Å². The quantitative estimate of drug-likeness (QED) is 0.158. The van der Waals surface area contributed by atoms with Gasteiger partial charge in [0.15, 0.2) is 0 Å². The number of rotatable bonds is 5. The van der Waals surface area contributed by atoms with E-state index in [0.717, 1.165) is 17.1 Å². The molecule has 1 nitrogen and oxygen atoms in total. The largest absolute Gasteiger partial charge is 0.310 e. The normalized spacial score (nSPS) is 13.0. The molecule has 60 heavy (non-hydrogen) atoms. The minimum atomic E-state index is -0.201. The summed E-state index contributed by atoms with van der Waals surface area (Å²) in [5.41, 5.74) is 13.4. The molecule has 0 fully saturated rings. The first kappa shape index (κ1) is 34.6. The van der Waals surface area contributed by atoms with Gasteiger partial charge in [-0.2, -0.15) is 0 Å². The van der Waals surface area contributed by atoms with Crippen LogP contribution in [0.5, 0.6) is 0 Å². The van der Waals surface area contributed by atoms with Gasteiger partial charge in [0.2, 0.25) is 0 Å². The molecule has 0 spiro atoms. The second-order valence-electron chi connectivity index (χ2n) is 16.9. The second-order valence-corrected chi connectivity index (χ2v) is 16.9. The fourth-order valence-corrected chi connectivity index (χ4v) is 10.3. The summed E-state index contributed by atoms with van der Waals surface area (Å²) in [5, 5.41) is 12.8. The van der Waals surface area contributed by atoms with E-state index in [1.165, 1.54) is 98.4 Å². The van der Waals surface area contributed by atoms with Crippen molar-refractivity contribution in [3.63, 3.8) is 0 Å². The number of anilines is 3. The van der Waals surface area contributed by atoms with Gasteiger partial charge in [-0.25, -0.2) is 0 Å². The molecule has 0 atom stereocenters. The molecular formula is C59H41N. The summed E-state index contributed by atoms with van der Waals surface area (Å²) < 4.78 is 0. The highest BCUT2D eigenvalue weighted by Crippen LogP contribution is 2.53. The summed E-state index contributed by atoms with van der Waals surface area (Å²) in [6.45, 7) is 4.79. The average Bonchev–Trinajstić information content (AvgIpc) is 3.31. The highest BCUT2D eigenvalue weighted by atomic mass is 15.1. The third kappa shape index (κ3) is 5.26. The summed E-state index contributed by atoms with van der Waals surface area (Å²) in [6, 6.07) is 78.9. The van der Waals surface area contributed by atoms with Gasteiger partial charge in [0.25, 0.3) is 0 Å². The van der Waals surface area contributed by atoms with Gasteiger partial charge in [-0.1, -0.05) is 184 Å². The summed E-state index contributed by atoms with van der Waals surface area (Å²) >= 11 is 0. The Balaban J connectivity index is 1.12. The van der Waals surface area contributed by atoms with Crippen molar-refractivity contribution in [2.45, 2.75) is 19.3 Å². The van der Waals surface area contributed by atoms with Gasteiger partial charge in [-0.3, -0.25) is 0 Å². The van der Waals surface area contributed by atoms with Crippen LogP contribution in [0.25, 0.3) is 87.2 Å². The Hall–Kier alpha value is -7.48.